The zero-order valence-corrected chi connectivity index (χ0v) is 14.2. The van der Waals surface area contributed by atoms with Crippen molar-refractivity contribution in [1.29, 1.82) is 0 Å². The molecule has 1 fully saturated rings. The van der Waals surface area contributed by atoms with E-state index < -0.39 is 0 Å². The van der Waals surface area contributed by atoms with Gasteiger partial charge in [-0.3, -0.25) is 4.79 Å². The number of amides is 1. The highest BCUT2D eigenvalue weighted by molar-refractivity contribution is 5.81. The van der Waals surface area contributed by atoms with Crippen LogP contribution in [0.25, 0.3) is 0 Å². The fourth-order valence-corrected chi connectivity index (χ4v) is 2.48. The molecular weight excluding hydrogens is 280 g/mol. The maximum Gasteiger partial charge on any atom is 0.233 e. The van der Waals surface area contributed by atoms with Crippen molar-refractivity contribution in [3.05, 3.63) is 12.1 Å². The molecule has 0 aliphatic carbocycles. The lowest BCUT2D eigenvalue weighted by Crippen LogP contribution is -2.48. The Labute approximate surface area is 132 Å². The van der Waals surface area contributed by atoms with Crippen LogP contribution in [0.1, 0.15) is 33.6 Å². The van der Waals surface area contributed by atoms with Gasteiger partial charge in [0.2, 0.25) is 11.8 Å². The zero-order valence-electron chi connectivity index (χ0n) is 14.2. The third-order valence-electron chi connectivity index (χ3n) is 3.68. The van der Waals surface area contributed by atoms with Crippen LogP contribution in [0.4, 0.5) is 5.82 Å². The molecule has 1 saturated heterocycles. The summed E-state index contributed by atoms with van der Waals surface area (Å²) in [5.41, 5.74) is -0.352. The maximum atomic E-state index is 12.4. The van der Waals surface area contributed by atoms with E-state index in [4.69, 9.17) is 4.74 Å². The smallest absolute Gasteiger partial charge is 0.233 e. The van der Waals surface area contributed by atoms with Crippen molar-refractivity contribution in [1.82, 2.24) is 15.1 Å². The molecule has 2 rings (SSSR count). The van der Waals surface area contributed by atoms with Crippen LogP contribution >= 0.6 is 0 Å². The summed E-state index contributed by atoms with van der Waals surface area (Å²) in [6.45, 7) is 7.27. The van der Waals surface area contributed by atoms with E-state index in [0.29, 0.717) is 12.4 Å². The highest BCUT2D eigenvalue weighted by atomic mass is 16.5. The number of ether oxygens (including phenoxy) is 1. The fourth-order valence-electron chi connectivity index (χ4n) is 2.48. The summed E-state index contributed by atoms with van der Waals surface area (Å²) < 4.78 is 5.90. The van der Waals surface area contributed by atoms with E-state index in [9.17, 15) is 4.79 Å². The number of likely N-dealkylation sites (tertiary alicyclic amines) is 1. The number of carbonyl (C=O) groups excluding carboxylic acids is 1. The molecule has 0 spiro atoms. The summed E-state index contributed by atoms with van der Waals surface area (Å²) in [6.07, 6.45) is 1.88. The Morgan fingerprint density at radius 1 is 1.32 bits per heavy atom. The SMILES string of the molecule is CN(C)c1ccc(OC2CCCN(C(=O)C(C)(C)C)C2)nn1. The van der Waals surface area contributed by atoms with Crippen LogP contribution in [0, 0.1) is 5.41 Å². The number of piperidine rings is 1. The summed E-state index contributed by atoms with van der Waals surface area (Å²) in [5, 5.41) is 8.20. The van der Waals surface area contributed by atoms with E-state index in [0.717, 1.165) is 25.2 Å². The highest BCUT2D eigenvalue weighted by Gasteiger charge is 2.31. The van der Waals surface area contributed by atoms with Gasteiger partial charge < -0.3 is 14.5 Å². The summed E-state index contributed by atoms with van der Waals surface area (Å²) in [7, 11) is 3.84. The van der Waals surface area contributed by atoms with Crippen molar-refractivity contribution in [2.75, 3.05) is 32.1 Å². The van der Waals surface area contributed by atoms with E-state index in [2.05, 4.69) is 10.2 Å². The maximum absolute atomic E-state index is 12.4. The quantitative estimate of drug-likeness (QED) is 0.854. The van der Waals surface area contributed by atoms with Crippen LogP contribution in [-0.2, 0) is 4.79 Å². The van der Waals surface area contributed by atoms with Gasteiger partial charge in [0.05, 0.1) is 6.54 Å². The Hall–Kier alpha value is -1.85. The van der Waals surface area contributed by atoms with E-state index >= 15 is 0 Å². The van der Waals surface area contributed by atoms with Crippen LogP contribution in [-0.4, -0.2) is 54.3 Å². The lowest BCUT2D eigenvalue weighted by Gasteiger charge is -2.36. The topological polar surface area (TPSA) is 58.6 Å². The molecule has 1 aromatic heterocycles. The van der Waals surface area contributed by atoms with Gasteiger partial charge in [-0.25, -0.2) is 0 Å². The molecule has 0 bridgehead atoms. The summed E-state index contributed by atoms with van der Waals surface area (Å²) in [6, 6.07) is 3.70. The molecule has 6 heteroatoms. The Balaban J connectivity index is 1.97. The van der Waals surface area contributed by atoms with Crippen LogP contribution < -0.4 is 9.64 Å². The first-order valence-corrected chi connectivity index (χ1v) is 7.74. The van der Waals surface area contributed by atoms with Gasteiger partial charge in [-0.1, -0.05) is 20.8 Å². The highest BCUT2D eigenvalue weighted by Crippen LogP contribution is 2.23. The van der Waals surface area contributed by atoms with Crippen LogP contribution in [0.5, 0.6) is 5.88 Å². The number of rotatable bonds is 3. The van der Waals surface area contributed by atoms with Crippen molar-refractivity contribution < 1.29 is 9.53 Å². The second-order valence-corrected chi connectivity index (χ2v) is 7.01. The molecule has 6 nitrogen and oxygen atoms in total. The molecule has 1 unspecified atom stereocenters. The average Bonchev–Trinajstić information content (AvgIpc) is 2.46. The molecule has 0 aromatic carbocycles. The average molecular weight is 306 g/mol. The Morgan fingerprint density at radius 2 is 2.05 bits per heavy atom. The number of anilines is 1. The zero-order chi connectivity index (χ0) is 16.3. The lowest BCUT2D eigenvalue weighted by molar-refractivity contribution is -0.142. The number of aromatic nitrogens is 2. The normalized spacial score (nSPS) is 19.0. The van der Waals surface area contributed by atoms with Crippen molar-refractivity contribution in [2.24, 2.45) is 5.41 Å². The summed E-state index contributed by atoms with van der Waals surface area (Å²) >= 11 is 0. The van der Waals surface area contributed by atoms with Crippen molar-refractivity contribution in [3.8, 4) is 5.88 Å². The molecule has 1 amide bonds. The minimum absolute atomic E-state index is 0.0143. The first-order chi connectivity index (χ1) is 10.3. The van der Waals surface area contributed by atoms with Gasteiger partial charge in [0, 0.05) is 32.1 Å². The lowest BCUT2D eigenvalue weighted by atomic mass is 9.93. The van der Waals surface area contributed by atoms with Gasteiger partial charge in [-0.2, -0.15) is 0 Å². The van der Waals surface area contributed by atoms with Gasteiger partial charge in [0.25, 0.3) is 0 Å². The second-order valence-electron chi connectivity index (χ2n) is 7.01. The summed E-state index contributed by atoms with van der Waals surface area (Å²) in [5.74, 6) is 1.48. The molecule has 0 radical (unpaired) electrons. The predicted octanol–water partition coefficient (Wildman–Crippen LogP) is 1.96. The van der Waals surface area contributed by atoms with E-state index in [1.807, 2.05) is 56.8 Å². The van der Waals surface area contributed by atoms with Gasteiger partial charge in [0.15, 0.2) is 5.82 Å². The first kappa shape index (κ1) is 16.5. The van der Waals surface area contributed by atoms with Gasteiger partial charge in [-0.15, -0.1) is 10.2 Å². The number of nitrogens with zero attached hydrogens (tertiary/aromatic N) is 4. The molecule has 1 aliphatic rings. The van der Waals surface area contributed by atoms with Gasteiger partial charge >= 0.3 is 0 Å². The molecule has 2 heterocycles. The van der Waals surface area contributed by atoms with Crippen molar-refractivity contribution in [3.63, 3.8) is 0 Å². The number of carbonyl (C=O) groups is 1. The van der Waals surface area contributed by atoms with Gasteiger partial charge in [0.1, 0.15) is 6.10 Å². The molecule has 1 aliphatic heterocycles. The molecule has 0 saturated carbocycles. The minimum Gasteiger partial charge on any atom is -0.471 e. The number of hydrogen-bond acceptors (Lipinski definition) is 5. The number of hydrogen-bond donors (Lipinski definition) is 0. The van der Waals surface area contributed by atoms with Crippen molar-refractivity contribution >= 4 is 11.7 Å². The first-order valence-electron chi connectivity index (χ1n) is 7.74. The Bertz CT molecular complexity index is 508. The fraction of sp³-hybridized carbons (Fsp3) is 0.688. The third-order valence-corrected chi connectivity index (χ3v) is 3.68. The van der Waals surface area contributed by atoms with E-state index in [-0.39, 0.29) is 17.4 Å². The second kappa shape index (κ2) is 6.50. The summed E-state index contributed by atoms with van der Waals surface area (Å²) in [4.78, 5) is 16.2. The van der Waals surface area contributed by atoms with Crippen LogP contribution in [0.2, 0.25) is 0 Å². The minimum atomic E-state index is -0.352. The largest absolute Gasteiger partial charge is 0.471 e. The van der Waals surface area contributed by atoms with Crippen LogP contribution in [0.3, 0.4) is 0 Å². The van der Waals surface area contributed by atoms with Crippen molar-refractivity contribution in [2.45, 2.75) is 39.7 Å². The van der Waals surface area contributed by atoms with Crippen LogP contribution in [0.15, 0.2) is 12.1 Å². The molecule has 1 aromatic rings. The standard InChI is InChI=1S/C16H26N4O2/c1-16(2,3)15(21)20-10-6-7-12(11-20)22-14-9-8-13(17-18-14)19(4)5/h8-9,12H,6-7,10-11H2,1-5H3. The predicted molar refractivity (Wildman–Crippen MR) is 86.0 cm³/mol. The molecule has 122 valence electrons. The molecule has 1 atom stereocenters. The Kier molecular flexibility index (Phi) is 4.88. The molecular formula is C16H26N4O2. The monoisotopic (exact) mass is 306 g/mol. The van der Waals surface area contributed by atoms with E-state index in [1.54, 1.807) is 0 Å². The third kappa shape index (κ3) is 4.08. The Morgan fingerprint density at radius 3 is 2.59 bits per heavy atom. The molecule has 22 heavy (non-hydrogen) atoms. The van der Waals surface area contributed by atoms with E-state index in [1.165, 1.54) is 0 Å². The molecule has 0 N–H and O–H groups in total. The van der Waals surface area contributed by atoms with Gasteiger partial charge in [-0.05, 0) is 18.9 Å².